The van der Waals surface area contributed by atoms with E-state index in [2.05, 4.69) is 0 Å². The lowest BCUT2D eigenvalue weighted by Gasteiger charge is -2.17. The maximum atomic E-state index is 5.96. The zero-order chi connectivity index (χ0) is 11.4. The molecule has 0 fully saturated rings. The topological polar surface area (TPSA) is 52.3 Å². The molecule has 0 aliphatic carbocycles. The third kappa shape index (κ3) is 2.71. The van der Waals surface area contributed by atoms with Crippen LogP contribution in [0.4, 0.5) is 0 Å². The maximum absolute atomic E-state index is 5.96. The second kappa shape index (κ2) is 5.27. The van der Waals surface area contributed by atoms with Crippen LogP contribution in [0.1, 0.15) is 23.7 Å². The summed E-state index contributed by atoms with van der Waals surface area (Å²) in [6, 6.07) is 7.75. The summed E-state index contributed by atoms with van der Waals surface area (Å²) in [5.41, 5.74) is 5.96. The van der Waals surface area contributed by atoms with Crippen molar-refractivity contribution in [1.82, 2.24) is 0 Å². The summed E-state index contributed by atoms with van der Waals surface area (Å²) in [6.45, 7) is 1.99. The van der Waals surface area contributed by atoms with Crippen LogP contribution in [0.5, 0.6) is 0 Å². The number of hydrogen-bond acceptors (Lipinski definition) is 4. The first kappa shape index (κ1) is 11.4. The predicted molar refractivity (Wildman–Crippen MR) is 65.1 cm³/mol. The Kier molecular flexibility index (Phi) is 3.74. The molecule has 2 aromatic heterocycles. The number of rotatable bonds is 5. The lowest BCUT2D eigenvalue weighted by Crippen LogP contribution is -2.22. The lowest BCUT2D eigenvalue weighted by molar-refractivity contribution is 0.485. The van der Waals surface area contributed by atoms with E-state index in [1.165, 1.54) is 0 Å². The van der Waals surface area contributed by atoms with Crippen LogP contribution in [0, 0.1) is 0 Å². The quantitative estimate of drug-likeness (QED) is 0.867. The molecule has 2 N–H and O–H groups in total. The van der Waals surface area contributed by atoms with Gasteiger partial charge in [0.25, 0.3) is 0 Å². The summed E-state index contributed by atoms with van der Waals surface area (Å²) >= 11 is 1.73. The predicted octanol–water partition coefficient (Wildman–Crippen LogP) is 3.19. The van der Waals surface area contributed by atoms with Crippen molar-refractivity contribution in [2.75, 3.05) is 0 Å². The molecule has 2 atom stereocenters. The fourth-order valence-electron chi connectivity index (χ4n) is 1.51. The smallest absolute Gasteiger partial charge is 0.118 e. The molecule has 0 saturated heterocycles. The molecule has 2 aromatic rings. The van der Waals surface area contributed by atoms with Crippen LogP contribution in [-0.4, -0.2) is 6.04 Å². The number of thioether (sulfide) groups is 1. The highest BCUT2D eigenvalue weighted by molar-refractivity contribution is 7.98. The number of nitrogens with two attached hydrogens (primary N) is 1. The van der Waals surface area contributed by atoms with Gasteiger partial charge in [-0.1, -0.05) is 0 Å². The molecule has 0 aliphatic rings. The van der Waals surface area contributed by atoms with E-state index in [0.29, 0.717) is 0 Å². The number of furan rings is 2. The Bertz CT molecular complexity index is 395. The third-order valence-corrected chi connectivity index (χ3v) is 3.76. The zero-order valence-electron chi connectivity index (χ0n) is 9.13. The minimum Gasteiger partial charge on any atom is -0.468 e. The van der Waals surface area contributed by atoms with Gasteiger partial charge in [0, 0.05) is 6.04 Å². The van der Waals surface area contributed by atoms with Crippen molar-refractivity contribution in [2.45, 2.75) is 24.0 Å². The molecule has 0 aliphatic heterocycles. The molecule has 2 rings (SSSR count). The number of hydrogen-bond donors (Lipinski definition) is 1. The Morgan fingerprint density at radius 1 is 1.25 bits per heavy atom. The minimum absolute atomic E-state index is 0.0473. The third-order valence-electron chi connectivity index (χ3n) is 2.29. The minimum atomic E-state index is 0.0473. The van der Waals surface area contributed by atoms with Crippen molar-refractivity contribution >= 4 is 11.8 Å². The van der Waals surface area contributed by atoms with Crippen molar-refractivity contribution < 1.29 is 8.83 Å². The first-order valence-electron chi connectivity index (χ1n) is 5.20. The van der Waals surface area contributed by atoms with E-state index in [9.17, 15) is 0 Å². The fourth-order valence-corrected chi connectivity index (χ4v) is 2.62. The normalized spacial score (nSPS) is 14.9. The summed E-state index contributed by atoms with van der Waals surface area (Å²) in [7, 11) is 0. The van der Waals surface area contributed by atoms with E-state index in [4.69, 9.17) is 14.6 Å². The summed E-state index contributed by atoms with van der Waals surface area (Å²) in [4.78, 5) is 0. The highest BCUT2D eigenvalue weighted by atomic mass is 32.2. The average Bonchev–Trinajstić information content (AvgIpc) is 2.88. The second-order valence-corrected chi connectivity index (χ2v) is 4.82. The van der Waals surface area contributed by atoms with Crippen LogP contribution in [0.15, 0.2) is 45.6 Å². The van der Waals surface area contributed by atoms with Crippen LogP contribution >= 0.6 is 11.8 Å². The first-order chi connectivity index (χ1) is 7.77. The second-order valence-electron chi connectivity index (χ2n) is 3.69. The molecule has 2 unspecified atom stereocenters. The molecular formula is C12H15NO2S. The van der Waals surface area contributed by atoms with E-state index in [-0.39, 0.29) is 11.3 Å². The molecule has 0 amide bonds. The largest absolute Gasteiger partial charge is 0.468 e. The van der Waals surface area contributed by atoms with Crippen molar-refractivity contribution in [3.8, 4) is 0 Å². The molecule has 0 radical (unpaired) electrons. The van der Waals surface area contributed by atoms with E-state index >= 15 is 0 Å². The van der Waals surface area contributed by atoms with Crippen LogP contribution in [0.2, 0.25) is 0 Å². The van der Waals surface area contributed by atoms with Gasteiger partial charge in [-0.15, -0.1) is 11.8 Å². The first-order valence-corrected chi connectivity index (χ1v) is 6.25. The molecule has 0 bridgehead atoms. The van der Waals surface area contributed by atoms with Gasteiger partial charge in [-0.2, -0.15) is 0 Å². The monoisotopic (exact) mass is 237 g/mol. The Balaban J connectivity index is 1.99. The molecule has 0 spiro atoms. The van der Waals surface area contributed by atoms with Gasteiger partial charge >= 0.3 is 0 Å². The lowest BCUT2D eigenvalue weighted by atomic mass is 10.2. The van der Waals surface area contributed by atoms with Gasteiger partial charge in [-0.25, -0.2) is 0 Å². The summed E-state index contributed by atoms with van der Waals surface area (Å²) in [5, 5.41) is 0.167. The van der Waals surface area contributed by atoms with Crippen LogP contribution < -0.4 is 5.73 Å². The van der Waals surface area contributed by atoms with Crippen molar-refractivity contribution in [1.29, 1.82) is 0 Å². The average molecular weight is 237 g/mol. The van der Waals surface area contributed by atoms with E-state index in [1.807, 2.05) is 31.2 Å². The van der Waals surface area contributed by atoms with Crippen LogP contribution in [0.25, 0.3) is 0 Å². The summed E-state index contributed by atoms with van der Waals surface area (Å²) in [5.74, 6) is 2.69. The van der Waals surface area contributed by atoms with Crippen LogP contribution in [0.3, 0.4) is 0 Å². The SMILES string of the molecule is CC(N)C(SCc1ccco1)c1ccco1. The van der Waals surface area contributed by atoms with E-state index in [0.717, 1.165) is 17.3 Å². The van der Waals surface area contributed by atoms with Gasteiger partial charge in [-0.05, 0) is 31.2 Å². The highest BCUT2D eigenvalue weighted by Gasteiger charge is 2.19. The molecular weight excluding hydrogens is 222 g/mol. The standard InChI is InChI=1S/C12H15NO2S/c1-9(13)12(11-5-3-7-15-11)16-8-10-4-2-6-14-10/h2-7,9,12H,8,13H2,1H3. The van der Waals surface area contributed by atoms with Gasteiger partial charge in [0.1, 0.15) is 11.5 Å². The van der Waals surface area contributed by atoms with E-state index < -0.39 is 0 Å². The van der Waals surface area contributed by atoms with Gasteiger partial charge in [-0.3, -0.25) is 0 Å². The van der Waals surface area contributed by atoms with Gasteiger partial charge < -0.3 is 14.6 Å². The Morgan fingerprint density at radius 3 is 2.56 bits per heavy atom. The zero-order valence-corrected chi connectivity index (χ0v) is 9.94. The van der Waals surface area contributed by atoms with Crippen LogP contribution in [-0.2, 0) is 5.75 Å². The summed E-state index contributed by atoms with van der Waals surface area (Å²) in [6.07, 6.45) is 3.36. The Morgan fingerprint density at radius 2 is 2.00 bits per heavy atom. The molecule has 3 nitrogen and oxygen atoms in total. The molecule has 2 heterocycles. The summed E-state index contributed by atoms with van der Waals surface area (Å²) < 4.78 is 10.7. The molecule has 0 aromatic carbocycles. The van der Waals surface area contributed by atoms with Crippen molar-refractivity contribution in [3.05, 3.63) is 48.3 Å². The fraction of sp³-hybridized carbons (Fsp3) is 0.333. The Labute approximate surface area is 99.0 Å². The molecule has 0 saturated carbocycles. The van der Waals surface area contributed by atoms with Crippen molar-refractivity contribution in [2.24, 2.45) is 5.73 Å². The van der Waals surface area contributed by atoms with Gasteiger partial charge in [0.15, 0.2) is 0 Å². The maximum Gasteiger partial charge on any atom is 0.118 e. The van der Waals surface area contributed by atoms with Gasteiger partial charge in [0.2, 0.25) is 0 Å². The molecule has 4 heteroatoms. The van der Waals surface area contributed by atoms with Crippen molar-refractivity contribution in [3.63, 3.8) is 0 Å². The highest BCUT2D eigenvalue weighted by Crippen LogP contribution is 2.33. The van der Waals surface area contributed by atoms with E-state index in [1.54, 1.807) is 24.3 Å². The molecule has 86 valence electrons. The van der Waals surface area contributed by atoms with Gasteiger partial charge in [0.05, 0.1) is 23.5 Å². The molecule has 16 heavy (non-hydrogen) atoms. The Hall–Kier alpha value is -1.13.